The van der Waals surface area contributed by atoms with Crippen LogP contribution in [0.3, 0.4) is 0 Å². The minimum atomic E-state index is -0.785. The molecule has 5 rings (SSSR count). The third-order valence-corrected chi connectivity index (χ3v) is 8.18. The molecule has 0 aliphatic heterocycles. The van der Waals surface area contributed by atoms with Crippen LogP contribution in [0.5, 0.6) is 0 Å². The van der Waals surface area contributed by atoms with E-state index in [1.807, 2.05) is 61.5 Å². The van der Waals surface area contributed by atoms with Gasteiger partial charge >= 0.3 is 5.97 Å². The van der Waals surface area contributed by atoms with E-state index in [2.05, 4.69) is 72.0 Å². The van der Waals surface area contributed by atoms with E-state index < -0.39 is 11.6 Å². The Balaban J connectivity index is 1.43. The maximum Gasteiger partial charge on any atom is 0.325 e. The lowest BCUT2D eigenvalue weighted by molar-refractivity contribution is -0.148. The summed E-state index contributed by atoms with van der Waals surface area (Å²) in [6.07, 6.45) is 5.57. The molecule has 1 N–H and O–H groups in total. The number of benzene rings is 4. The van der Waals surface area contributed by atoms with Gasteiger partial charge in [-0.05, 0) is 60.8 Å². The Labute approximate surface area is 244 Å². The Hall–Kier alpha value is -3.73. The van der Waals surface area contributed by atoms with E-state index in [0.717, 1.165) is 42.4 Å². The third kappa shape index (κ3) is 7.13. The lowest BCUT2D eigenvalue weighted by Crippen LogP contribution is -2.55. The molecule has 41 heavy (non-hydrogen) atoms. The van der Waals surface area contributed by atoms with E-state index in [0.29, 0.717) is 12.5 Å². The van der Waals surface area contributed by atoms with E-state index in [4.69, 9.17) is 9.47 Å². The van der Waals surface area contributed by atoms with Gasteiger partial charge in [-0.3, -0.25) is 10.1 Å². The molecule has 0 aromatic heterocycles. The smallest absolute Gasteiger partial charge is 0.325 e. The minimum Gasteiger partial charge on any atom is -0.465 e. The van der Waals surface area contributed by atoms with Gasteiger partial charge in [0.2, 0.25) is 0 Å². The van der Waals surface area contributed by atoms with Crippen molar-refractivity contribution in [3.8, 4) is 0 Å². The molecule has 3 unspecified atom stereocenters. The predicted octanol–water partition coefficient (Wildman–Crippen LogP) is 7.32. The zero-order chi connectivity index (χ0) is 28.3. The lowest BCUT2D eigenvalue weighted by atomic mass is 9.76. The van der Waals surface area contributed by atoms with Crippen molar-refractivity contribution in [1.82, 2.24) is 5.32 Å². The number of nitrogens with one attached hydrogen (secondary N) is 1. The van der Waals surface area contributed by atoms with Crippen LogP contribution in [0.4, 0.5) is 0 Å². The van der Waals surface area contributed by atoms with Crippen LogP contribution in [-0.4, -0.2) is 31.3 Å². The number of carbonyl (C=O) groups is 1. The molecule has 1 fully saturated rings. The molecule has 4 nitrogen and oxygen atoms in total. The SMILES string of the molecule is CCOC(=O)C(COC1CCCC(Cc2ccccc2)C1)NC(c1ccccc1)(c1ccccc1)c1ccccc1. The molecule has 0 bridgehead atoms. The number of hydrogen-bond acceptors (Lipinski definition) is 4. The Morgan fingerprint density at radius 1 is 0.780 bits per heavy atom. The van der Waals surface area contributed by atoms with Crippen LogP contribution in [0.15, 0.2) is 121 Å². The maximum absolute atomic E-state index is 13.5. The average Bonchev–Trinajstić information content (AvgIpc) is 3.03. The predicted molar refractivity (Wildman–Crippen MR) is 165 cm³/mol. The molecule has 1 aliphatic rings. The molecule has 0 spiro atoms. The molecular weight excluding hydrogens is 506 g/mol. The largest absolute Gasteiger partial charge is 0.465 e. The molecule has 4 aromatic carbocycles. The zero-order valence-corrected chi connectivity index (χ0v) is 24.0. The van der Waals surface area contributed by atoms with Crippen LogP contribution in [0, 0.1) is 5.92 Å². The number of rotatable bonds is 12. The highest BCUT2D eigenvalue weighted by molar-refractivity contribution is 5.76. The van der Waals surface area contributed by atoms with Crippen LogP contribution in [0.25, 0.3) is 0 Å². The van der Waals surface area contributed by atoms with Crippen LogP contribution in [0.1, 0.15) is 54.9 Å². The molecule has 1 aliphatic carbocycles. The fourth-order valence-electron chi connectivity index (χ4n) is 6.25. The first-order valence-electron chi connectivity index (χ1n) is 15.0. The van der Waals surface area contributed by atoms with Crippen LogP contribution in [0.2, 0.25) is 0 Å². The summed E-state index contributed by atoms with van der Waals surface area (Å²) in [6, 6.07) is 41.1. The Morgan fingerprint density at radius 3 is 1.80 bits per heavy atom. The van der Waals surface area contributed by atoms with Crippen molar-refractivity contribution >= 4 is 5.97 Å². The first kappa shape index (κ1) is 28.8. The van der Waals surface area contributed by atoms with Gasteiger partial charge in [0.15, 0.2) is 0 Å². The van der Waals surface area contributed by atoms with Gasteiger partial charge in [-0.15, -0.1) is 0 Å². The van der Waals surface area contributed by atoms with Crippen LogP contribution >= 0.6 is 0 Å². The van der Waals surface area contributed by atoms with Crippen molar-refractivity contribution in [1.29, 1.82) is 0 Å². The van der Waals surface area contributed by atoms with Gasteiger partial charge < -0.3 is 9.47 Å². The first-order valence-corrected chi connectivity index (χ1v) is 15.0. The Morgan fingerprint density at radius 2 is 1.29 bits per heavy atom. The minimum absolute atomic E-state index is 0.121. The summed E-state index contributed by atoms with van der Waals surface area (Å²) >= 11 is 0. The van der Waals surface area contributed by atoms with Gasteiger partial charge in [-0.1, -0.05) is 128 Å². The number of carbonyl (C=O) groups excluding carboxylic acids is 1. The fourth-order valence-corrected chi connectivity index (χ4v) is 6.25. The van der Waals surface area contributed by atoms with E-state index in [9.17, 15) is 4.79 Å². The summed E-state index contributed by atoms with van der Waals surface area (Å²) < 4.78 is 12.2. The highest BCUT2D eigenvalue weighted by Gasteiger charge is 2.40. The second kappa shape index (κ2) is 14.2. The quantitative estimate of drug-likeness (QED) is 0.149. The number of esters is 1. The molecule has 0 heterocycles. The molecule has 0 saturated heterocycles. The summed E-state index contributed by atoms with van der Waals surface area (Å²) in [5.41, 5.74) is 3.74. The molecule has 4 aromatic rings. The third-order valence-electron chi connectivity index (χ3n) is 8.18. The molecular formula is C37H41NO3. The summed E-state index contributed by atoms with van der Waals surface area (Å²) in [4.78, 5) is 13.5. The second-order valence-electron chi connectivity index (χ2n) is 11.0. The van der Waals surface area contributed by atoms with Gasteiger partial charge in [-0.2, -0.15) is 0 Å². The average molecular weight is 548 g/mol. The summed E-state index contributed by atoms with van der Waals surface area (Å²) in [6.45, 7) is 2.41. The van der Waals surface area contributed by atoms with Gasteiger partial charge in [-0.25, -0.2) is 0 Å². The summed E-state index contributed by atoms with van der Waals surface area (Å²) in [5, 5.41) is 3.79. The maximum atomic E-state index is 13.5. The molecule has 3 atom stereocenters. The van der Waals surface area contributed by atoms with Crippen molar-refractivity contribution in [2.45, 2.75) is 56.7 Å². The standard InChI is InChI=1S/C37H41NO3/c1-2-40-36(39)35(28-41-34-25-15-18-30(27-34)26-29-16-7-3-8-17-29)38-37(31-19-9-4-10-20-31,32-21-11-5-12-22-32)33-23-13-6-14-24-33/h3-14,16-17,19-24,30,34-35,38H,2,15,18,25-28H2,1H3. The molecule has 0 radical (unpaired) electrons. The second-order valence-corrected chi connectivity index (χ2v) is 11.0. The number of ether oxygens (including phenoxy) is 2. The van der Waals surface area contributed by atoms with E-state index in [-0.39, 0.29) is 18.7 Å². The highest BCUT2D eigenvalue weighted by atomic mass is 16.5. The number of hydrogen-bond donors (Lipinski definition) is 1. The van der Waals surface area contributed by atoms with Gasteiger partial charge in [0.25, 0.3) is 0 Å². The molecule has 1 saturated carbocycles. The normalized spacial score (nSPS) is 18.0. The lowest BCUT2D eigenvalue weighted by Gasteiger charge is -2.40. The van der Waals surface area contributed by atoms with E-state index >= 15 is 0 Å². The van der Waals surface area contributed by atoms with Crippen molar-refractivity contribution in [2.24, 2.45) is 5.92 Å². The van der Waals surface area contributed by atoms with Crippen molar-refractivity contribution in [2.75, 3.05) is 13.2 Å². The Kier molecular flexibility index (Phi) is 10.0. The van der Waals surface area contributed by atoms with Crippen molar-refractivity contribution in [3.63, 3.8) is 0 Å². The van der Waals surface area contributed by atoms with Gasteiger partial charge in [0.1, 0.15) is 6.04 Å². The summed E-state index contributed by atoms with van der Waals surface area (Å²) in [7, 11) is 0. The zero-order valence-electron chi connectivity index (χ0n) is 24.0. The first-order chi connectivity index (χ1) is 20.2. The fraction of sp³-hybridized carbons (Fsp3) is 0.324. The van der Waals surface area contributed by atoms with Crippen LogP contribution in [-0.2, 0) is 26.2 Å². The van der Waals surface area contributed by atoms with Crippen molar-refractivity contribution in [3.05, 3.63) is 144 Å². The molecule has 0 amide bonds. The van der Waals surface area contributed by atoms with E-state index in [1.54, 1.807) is 0 Å². The van der Waals surface area contributed by atoms with Gasteiger partial charge in [0.05, 0.1) is 24.9 Å². The van der Waals surface area contributed by atoms with E-state index in [1.165, 1.54) is 12.0 Å². The van der Waals surface area contributed by atoms with Crippen LogP contribution < -0.4 is 5.32 Å². The molecule has 4 heteroatoms. The highest BCUT2D eigenvalue weighted by Crippen LogP contribution is 2.37. The summed E-state index contributed by atoms with van der Waals surface area (Å²) in [5.74, 6) is 0.290. The molecule has 212 valence electrons. The van der Waals surface area contributed by atoms with Crippen molar-refractivity contribution < 1.29 is 14.3 Å². The van der Waals surface area contributed by atoms with Gasteiger partial charge in [0, 0.05) is 0 Å². The Bertz CT molecular complexity index is 1230. The monoisotopic (exact) mass is 547 g/mol. The topological polar surface area (TPSA) is 47.6 Å².